The van der Waals surface area contributed by atoms with Crippen LogP contribution >= 0.6 is 0 Å². The lowest BCUT2D eigenvalue weighted by atomic mass is 10.1. The van der Waals surface area contributed by atoms with Gasteiger partial charge in [0.2, 0.25) is 0 Å². The molecule has 19 heavy (non-hydrogen) atoms. The fourth-order valence-corrected chi connectivity index (χ4v) is 2.08. The maximum Gasteiger partial charge on any atom is 0.328 e. The number of rotatable bonds is 3. The van der Waals surface area contributed by atoms with Crippen LogP contribution in [0.3, 0.4) is 0 Å². The molecule has 1 heterocycles. The molecule has 0 bridgehead atoms. The number of fused-ring (bicyclic) bond motifs is 1. The molecule has 1 aliphatic heterocycles. The summed E-state index contributed by atoms with van der Waals surface area (Å²) < 4.78 is 0. The Balaban J connectivity index is 2.36. The first-order valence-corrected chi connectivity index (χ1v) is 5.55. The van der Waals surface area contributed by atoms with Crippen LogP contribution in [-0.2, 0) is 20.8 Å². The topological polar surface area (TPSA) is 94.9 Å². The number of aliphatic carboxylic acids is 2. The largest absolute Gasteiger partial charge is 0.480 e. The first kappa shape index (κ1) is 12.8. The van der Waals surface area contributed by atoms with E-state index in [1.807, 2.05) is 0 Å². The van der Waals surface area contributed by atoms with Crippen molar-refractivity contribution in [1.82, 2.24) is 0 Å². The molecule has 0 fully saturated rings. The maximum atomic E-state index is 11.9. The van der Waals surface area contributed by atoms with Crippen LogP contribution in [0.1, 0.15) is 5.56 Å². The number of anilines is 1. The number of nitrogens with zero attached hydrogens (tertiary/aromatic N) is 1. The third kappa shape index (κ3) is 2.47. The number of carboxylic acid groups (broad SMARTS) is 2. The number of hydrogen-bond acceptors (Lipinski definition) is 3. The summed E-state index contributed by atoms with van der Waals surface area (Å²) in [6.07, 6.45) is 1.78. The predicted molar refractivity (Wildman–Crippen MR) is 65.8 cm³/mol. The van der Waals surface area contributed by atoms with Crippen molar-refractivity contribution in [3.05, 3.63) is 42.0 Å². The predicted octanol–water partition coefficient (Wildman–Crippen LogP) is 0.670. The maximum absolute atomic E-state index is 11.9. The first-order chi connectivity index (χ1) is 9.00. The molecule has 0 spiro atoms. The Hall–Kier alpha value is -2.63. The van der Waals surface area contributed by atoms with Crippen LogP contribution < -0.4 is 4.90 Å². The van der Waals surface area contributed by atoms with Gasteiger partial charge in [-0.15, -0.1) is 0 Å². The minimum atomic E-state index is -1.26. The highest BCUT2D eigenvalue weighted by Gasteiger charge is 2.37. The van der Waals surface area contributed by atoms with Crippen molar-refractivity contribution in [3.63, 3.8) is 0 Å². The highest BCUT2D eigenvalue weighted by molar-refractivity contribution is 6.08. The Morgan fingerprint density at radius 1 is 1.16 bits per heavy atom. The van der Waals surface area contributed by atoms with Gasteiger partial charge in [0.1, 0.15) is 6.04 Å². The lowest BCUT2D eigenvalue weighted by Crippen LogP contribution is -2.42. The summed E-state index contributed by atoms with van der Waals surface area (Å²) in [6, 6.07) is 5.86. The summed E-state index contributed by atoms with van der Waals surface area (Å²) in [4.78, 5) is 34.6. The zero-order chi connectivity index (χ0) is 14.0. The fraction of sp³-hybridized carbons (Fsp3) is 0.154. The van der Waals surface area contributed by atoms with E-state index in [0.717, 1.165) is 16.5 Å². The normalized spacial score (nSPS) is 17.5. The van der Waals surface area contributed by atoms with E-state index in [1.54, 1.807) is 24.3 Å². The number of carbonyl (C=O) groups is 3. The Bertz CT molecular complexity index is 578. The average molecular weight is 261 g/mol. The monoisotopic (exact) mass is 261 g/mol. The van der Waals surface area contributed by atoms with Crippen molar-refractivity contribution in [2.45, 2.75) is 12.5 Å². The zero-order valence-corrected chi connectivity index (χ0v) is 9.81. The van der Waals surface area contributed by atoms with E-state index in [2.05, 4.69) is 0 Å². The van der Waals surface area contributed by atoms with Crippen LogP contribution in [0.4, 0.5) is 5.69 Å². The van der Waals surface area contributed by atoms with Gasteiger partial charge in [-0.2, -0.15) is 0 Å². The molecule has 0 radical (unpaired) electrons. The summed E-state index contributed by atoms with van der Waals surface area (Å²) in [5, 5.41) is 17.6. The molecule has 2 N–H and O–H groups in total. The van der Waals surface area contributed by atoms with Crippen LogP contribution in [0.25, 0.3) is 0 Å². The summed E-state index contributed by atoms with van der Waals surface area (Å²) >= 11 is 0. The van der Waals surface area contributed by atoms with E-state index in [9.17, 15) is 14.4 Å². The molecule has 1 aromatic rings. The Labute approximate surface area is 108 Å². The summed E-state index contributed by atoms with van der Waals surface area (Å²) in [5.74, 6) is -3.03. The van der Waals surface area contributed by atoms with Crippen molar-refractivity contribution >= 4 is 23.5 Å². The second-order valence-corrected chi connectivity index (χ2v) is 4.07. The van der Waals surface area contributed by atoms with E-state index < -0.39 is 23.9 Å². The fourth-order valence-electron chi connectivity index (χ4n) is 2.08. The van der Waals surface area contributed by atoms with Crippen molar-refractivity contribution in [3.8, 4) is 0 Å². The molecule has 98 valence electrons. The zero-order valence-electron chi connectivity index (χ0n) is 9.81. The van der Waals surface area contributed by atoms with Crippen LogP contribution in [0.2, 0.25) is 0 Å². The molecule has 6 nitrogen and oxygen atoms in total. The van der Waals surface area contributed by atoms with E-state index >= 15 is 0 Å². The van der Waals surface area contributed by atoms with Crippen LogP contribution in [0.5, 0.6) is 0 Å². The second kappa shape index (κ2) is 4.93. The van der Waals surface area contributed by atoms with Crippen LogP contribution in [-0.4, -0.2) is 34.1 Å². The standard InChI is InChI=1S/C13H11NO5/c15-11(5-6-12(16)17)14-9-4-2-1-3-8(9)7-10(14)13(18)19/h1-6,10H,7H2,(H,16,17)(H,18,19)/b6-5-/t10-/m0/s1. The van der Waals surface area contributed by atoms with Gasteiger partial charge in [0.25, 0.3) is 5.91 Å². The summed E-state index contributed by atoms with van der Waals surface area (Å²) in [6.45, 7) is 0. The molecule has 1 atom stereocenters. The number of benzene rings is 1. The number of para-hydroxylation sites is 1. The SMILES string of the molecule is O=C(O)/C=C\C(=O)N1c2ccccc2C[C@H]1C(=O)O. The van der Waals surface area contributed by atoms with Gasteiger partial charge in [-0.3, -0.25) is 9.69 Å². The lowest BCUT2D eigenvalue weighted by molar-refractivity contribution is -0.139. The third-order valence-electron chi connectivity index (χ3n) is 2.87. The van der Waals surface area contributed by atoms with Crippen molar-refractivity contribution in [2.24, 2.45) is 0 Å². The van der Waals surface area contributed by atoms with E-state index in [-0.39, 0.29) is 6.42 Å². The molecule has 0 saturated heterocycles. The minimum Gasteiger partial charge on any atom is -0.480 e. The van der Waals surface area contributed by atoms with Gasteiger partial charge in [-0.1, -0.05) is 18.2 Å². The molecule has 2 rings (SSSR count). The van der Waals surface area contributed by atoms with Gasteiger partial charge in [0, 0.05) is 24.3 Å². The summed E-state index contributed by atoms with van der Waals surface area (Å²) in [7, 11) is 0. The molecule has 6 heteroatoms. The Morgan fingerprint density at radius 2 is 1.84 bits per heavy atom. The molecule has 0 saturated carbocycles. The Kier molecular flexibility index (Phi) is 3.33. The van der Waals surface area contributed by atoms with Crippen LogP contribution in [0.15, 0.2) is 36.4 Å². The molecule has 0 aromatic heterocycles. The molecular weight excluding hydrogens is 250 g/mol. The average Bonchev–Trinajstić information content (AvgIpc) is 2.75. The molecule has 0 unspecified atom stereocenters. The second-order valence-electron chi connectivity index (χ2n) is 4.07. The van der Waals surface area contributed by atoms with Gasteiger partial charge in [-0.25, -0.2) is 9.59 Å². The number of carbonyl (C=O) groups excluding carboxylic acids is 1. The van der Waals surface area contributed by atoms with Gasteiger partial charge in [-0.05, 0) is 11.6 Å². The van der Waals surface area contributed by atoms with E-state index in [1.165, 1.54) is 0 Å². The van der Waals surface area contributed by atoms with Gasteiger partial charge in [0.15, 0.2) is 0 Å². The van der Waals surface area contributed by atoms with Gasteiger partial charge in [0.05, 0.1) is 0 Å². The number of amides is 1. The van der Waals surface area contributed by atoms with Gasteiger partial charge >= 0.3 is 11.9 Å². The highest BCUT2D eigenvalue weighted by Crippen LogP contribution is 2.32. The van der Waals surface area contributed by atoms with Crippen molar-refractivity contribution < 1.29 is 24.6 Å². The lowest BCUT2D eigenvalue weighted by Gasteiger charge is -2.20. The first-order valence-electron chi connectivity index (χ1n) is 5.55. The van der Waals surface area contributed by atoms with Gasteiger partial charge < -0.3 is 10.2 Å². The number of carboxylic acids is 2. The number of hydrogen-bond donors (Lipinski definition) is 2. The van der Waals surface area contributed by atoms with E-state index in [4.69, 9.17) is 10.2 Å². The molecule has 1 aromatic carbocycles. The van der Waals surface area contributed by atoms with Crippen LogP contribution in [0, 0.1) is 0 Å². The Morgan fingerprint density at radius 3 is 2.47 bits per heavy atom. The van der Waals surface area contributed by atoms with Crippen molar-refractivity contribution in [1.29, 1.82) is 0 Å². The van der Waals surface area contributed by atoms with Crippen molar-refractivity contribution in [2.75, 3.05) is 4.90 Å². The summed E-state index contributed by atoms with van der Waals surface area (Å²) in [5.41, 5.74) is 1.27. The quantitative estimate of drug-likeness (QED) is 0.780. The smallest absolute Gasteiger partial charge is 0.328 e. The highest BCUT2D eigenvalue weighted by atomic mass is 16.4. The third-order valence-corrected chi connectivity index (χ3v) is 2.87. The van der Waals surface area contributed by atoms with E-state index in [0.29, 0.717) is 11.8 Å². The molecule has 1 aliphatic rings. The molecular formula is C13H11NO5. The minimum absolute atomic E-state index is 0.220. The molecule has 0 aliphatic carbocycles. The molecule has 1 amide bonds.